The first-order valence-electron chi connectivity index (χ1n) is 7.09. The molecule has 3 heteroatoms. The SMILES string of the molecule is C1CC(CN2CCN(C3CC3)CC2)CCN1. The van der Waals surface area contributed by atoms with Crippen molar-refractivity contribution >= 4 is 0 Å². The molecule has 0 aromatic rings. The molecule has 3 rings (SSSR count). The molecule has 0 unspecified atom stereocenters. The number of hydrogen-bond donors (Lipinski definition) is 1. The van der Waals surface area contributed by atoms with E-state index in [9.17, 15) is 0 Å². The van der Waals surface area contributed by atoms with Crippen molar-refractivity contribution < 1.29 is 0 Å². The van der Waals surface area contributed by atoms with E-state index in [-0.39, 0.29) is 0 Å². The van der Waals surface area contributed by atoms with Crippen LogP contribution in [0, 0.1) is 5.92 Å². The summed E-state index contributed by atoms with van der Waals surface area (Å²) in [6.07, 6.45) is 5.72. The Morgan fingerprint density at radius 1 is 0.875 bits per heavy atom. The van der Waals surface area contributed by atoms with Gasteiger partial charge in [0.05, 0.1) is 0 Å². The standard InChI is InChI=1S/C13H25N3/c1-2-13(1)16-9-7-15(8-10-16)11-12-3-5-14-6-4-12/h12-14H,1-11H2. The molecule has 2 saturated heterocycles. The zero-order valence-electron chi connectivity index (χ0n) is 10.3. The van der Waals surface area contributed by atoms with Gasteiger partial charge in [-0.15, -0.1) is 0 Å². The van der Waals surface area contributed by atoms with Crippen molar-refractivity contribution in [2.75, 3.05) is 45.8 Å². The van der Waals surface area contributed by atoms with Crippen LogP contribution in [0.1, 0.15) is 25.7 Å². The quantitative estimate of drug-likeness (QED) is 0.762. The molecule has 0 atom stereocenters. The van der Waals surface area contributed by atoms with E-state index in [2.05, 4.69) is 15.1 Å². The monoisotopic (exact) mass is 223 g/mol. The Morgan fingerprint density at radius 3 is 2.19 bits per heavy atom. The van der Waals surface area contributed by atoms with Crippen LogP contribution in [-0.2, 0) is 0 Å². The van der Waals surface area contributed by atoms with E-state index in [1.165, 1.54) is 71.5 Å². The molecule has 1 N–H and O–H groups in total. The molecule has 0 amide bonds. The third-order valence-corrected chi connectivity index (χ3v) is 4.45. The molecule has 16 heavy (non-hydrogen) atoms. The molecule has 0 aromatic carbocycles. The molecule has 0 spiro atoms. The number of hydrogen-bond acceptors (Lipinski definition) is 3. The van der Waals surface area contributed by atoms with E-state index in [1.54, 1.807) is 0 Å². The minimum absolute atomic E-state index is 0.966. The van der Waals surface area contributed by atoms with Crippen LogP contribution in [0.4, 0.5) is 0 Å². The van der Waals surface area contributed by atoms with Gasteiger partial charge in [-0.1, -0.05) is 0 Å². The average molecular weight is 223 g/mol. The molecular formula is C13H25N3. The second-order valence-corrected chi connectivity index (χ2v) is 5.76. The van der Waals surface area contributed by atoms with E-state index in [4.69, 9.17) is 0 Å². The zero-order chi connectivity index (χ0) is 10.8. The topological polar surface area (TPSA) is 18.5 Å². The molecule has 3 fully saturated rings. The van der Waals surface area contributed by atoms with Crippen molar-refractivity contribution in [1.82, 2.24) is 15.1 Å². The Kier molecular flexibility index (Phi) is 3.46. The van der Waals surface area contributed by atoms with Crippen LogP contribution >= 0.6 is 0 Å². The Hall–Kier alpha value is -0.120. The Labute approximate surface area is 99.2 Å². The smallest absolute Gasteiger partial charge is 0.0113 e. The van der Waals surface area contributed by atoms with Crippen LogP contribution in [0.25, 0.3) is 0 Å². The summed E-state index contributed by atoms with van der Waals surface area (Å²) in [4.78, 5) is 5.41. The fraction of sp³-hybridized carbons (Fsp3) is 1.00. The average Bonchev–Trinajstić information content (AvgIpc) is 3.15. The summed E-state index contributed by atoms with van der Waals surface area (Å²) >= 11 is 0. The molecule has 2 heterocycles. The van der Waals surface area contributed by atoms with Gasteiger partial charge in [-0.05, 0) is 44.7 Å². The van der Waals surface area contributed by atoms with Crippen LogP contribution in [-0.4, -0.2) is 61.7 Å². The molecular weight excluding hydrogens is 198 g/mol. The third-order valence-electron chi connectivity index (χ3n) is 4.45. The first-order chi connectivity index (χ1) is 7.92. The van der Waals surface area contributed by atoms with Gasteiger partial charge in [0.2, 0.25) is 0 Å². The summed E-state index contributed by atoms with van der Waals surface area (Å²) in [5.74, 6) is 0.966. The summed E-state index contributed by atoms with van der Waals surface area (Å²) in [5, 5.41) is 3.46. The molecule has 1 aliphatic carbocycles. The minimum atomic E-state index is 0.966. The summed E-state index contributed by atoms with van der Waals surface area (Å²) in [6, 6.07) is 0.973. The lowest BCUT2D eigenvalue weighted by molar-refractivity contribution is 0.106. The number of piperidine rings is 1. The Morgan fingerprint density at radius 2 is 1.56 bits per heavy atom. The van der Waals surface area contributed by atoms with Crippen molar-refractivity contribution in [2.45, 2.75) is 31.7 Å². The predicted molar refractivity (Wildman–Crippen MR) is 66.6 cm³/mol. The van der Waals surface area contributed by atoms with Crippen LogP contribution in [0.15, 0.2) is 0 Å². The van der Waals surface area contributed by atoms with Crippen LogP contribution in [0.5, 0.6) is 0 Å². The second-order valence-electron chi connectivity index (χ2n) is 5.76. The van der Waals surface area contributed by atoms with E-state index in [0.29, 0.717) is 0 Å². The highest BCUT2D eigenvalue weighted by atomic mass is 15.3. The van der Waals surface area contributed by atoms with Crippen molar-refractivity contribution in [1.29, 1.82) is 0 Å². The lowest BCUT2D eigenvalue weighted by Crippen LogP contribution is -2.49. The first-order valence-corrected chi connectivity index (χ1v) is 7.09. The van der Waals surface area contributed by atoms with Gasteiger partial charge in [-0.25, -0.2) is 0 Å². The van der Waals surface area contributed by atoms with E-state index in [1.807, 2.05) is 0 Å². The Bertz CT molecular complexity index is 213. The maximum Gasteiger partial charge on any atom is 0.0113 e. The van der Waals surface area contributed by atoms with Gasteiger partial charge < -0.3 is 10.2 Å². The van der Waals surface area contributed by atoms with Gasteiger partial charge in [-0.3, -0.25) is 4.90 Å². The molecule has 3 nitrogen and oxygen atoms in total. The zero-order valence-corrected chi connectivity index (χ0v) is 10.3. The van der Waals surface area contributed by atoms with Crippen molar-refractivity contribution in [3.63, 3.8) is 0 Å². The number of nitrogens with one attached hydrogen (secondary N) is 1. The highest BCUT2D eigenvalue weighted by Gasteiger charge is 2.31. The number of nitrogens with zero attached hydrogens (tertiary/aromatic N) is 2. The molecule has 92 valence electrons. The lowest BCUT2D eigenvalue weighted by Gasteiger charge is -2.37. The summed E-state index contributed by atoms with van der Waals surface area (Å²) in [7, 11) is 0. The van der Waals surface area contributed by atoms with Crippen molar-refractivity contribution in [3.05, 3.63) is 0 Å². The molecule has 2 aliphatic heterocycles. The maximum absolute atomic E-state index is 3.46. The summed E-state index contributed by atoms with van der Waals surface area (Å²) in [6.45, 7) is 9.14. The highest BCUT2D eigenvalue weighted by Crippen LogP contribution is 2.27. The minimum Gasteiger partial charge on any atom is -0.317 e. The van der Waals surface area contributed by atoms with Crippen LogP contribution in [0.3, 0.4) is 0 Å². The molecule has 0 radical (unpaired) electrons. The van der Waals surface area contributed by atoms with Crippen LogP contribution in [0.2, 0.25) is 0 Å². The van der Waals surface area contributed by atoms with Gasteiger partial charge in [-0.2, -0.15) is 0 Å². The van der Waals surface area contributed by atoms with Gasteiger partial charge in [0.1, 0.15) is 0 Å². The molecule has 0 bridgehead atoms. The normalized spacial score (nSPS) is 30.8. The fourth-order valence-corrected chi connectivity index (χ4v) is 3.18. The van der Waals surface area contributed by atoms with Gasteiger partial charge in [0.25, 0.3) is 0 Å². The van der Waals surface area contributed by atoms with Gasteiger partial charge in [0.15, 0.2) is 0 Å². The highest BCUT2D eigenvalue weighted by molar-refractivity contribution is 4.88. The maximum atomic E-state index is 3.46. The van der Waals surface area contributed by atoms with Crippen LogP contribution < -0.4 is 5.32 Å². The number of rotatable bonds is 3. The lowest BCUT2D eigenvalue weighted by atomic mass is 9.97. The van der Waals surface area contributed by atoms with Gasteiger partial charge in [0, 0.05) is 38.8 Å². The van der Waals surface area contributed by atoms with E-state index in [0.717, 1.165) is 12.0 Å². The van der Waals surface area contributed by atoms with E-state index >= 15 is 0 Å². The molecule has 3 aliphatic rings. The Balaban J connectivity index is 1.39. The first kappa shape index (κ1) is 11.0. The molecule has 0 aromatic heterocycles. The van der Waals surface area contributed by atoms with E-state index < -0.39 is 0 Å². The van der Waals surface area contributed by atoms with Gasteiger partial charge >= 0.3 is 0 Å². The third kappa shape index (κ3) is 2.76. The summed E-state index contributed by atoms with van der Waals surface area (Å²) < 4.78 is 0. The summed E-state index contributed by atoms with van der Waals surface area (Å²) in [5.41, 5.74) is 0. The fourth-order valence-electron chi connectivity index (χ4n) is 3.18. The largest absolute Gasteiger partial charge is 0.317 e. The second kappa shape index (κ2) is 5.03. The molecule has 1 saturated carbocycles. The predicted octanol–water partition coefficient (Wildman–Crippen LogP) is 0.766. The van der Waals surface area contributed by atoms with Crippen molar-refractivity contribution in [2.24, 2.45) is 5.92 Å². The number of piperazine rings is 1. The van der Waals surface area contributed by atoms with Crippen molar-refractivity contribution in [3.8, 4) is 0 Å².